The minimum Gasteiger partial charge on any atom is -0.481 e. The summed E-state index contributed by atoms with van der Waals surface area (Å²) >= 11 is 0. The molecule has 3 aliphatic rings. The fraction of sp³-hybridized carbons (Fsp3) is 0.684. The lowest BCUT2D eigenvalue weighted by molar-refractivity contribution is -0.169. The van der Waals surface area contributed by atoms with E-state index in [4.69, 9.17) is 14.6 Å². The highest BCUT2D eigenvalue weighted by atomic mass is 16.5. The van der Waals surface area contributed by atoms with E-state index in [0.717, 1.165) is 12.0 Å². The predicted octanol–water partition coefficient (Wildman–Crippen LogP) is 1.89. The largest absolute Gasteiger partial charge is 0.481 e. The van der Waals surface area contributed by atoms with E-state index >= 15 is 0 Å². The van der Waals surface area contributed by atoms with Crippen LogP contribution in [0.4, 0.5) is 0 Å². The molecular formula is C19H24O7. The Hall–Kier alpha value is -2.18. The molecule has 1 saturated heterocycles. The minimum atomic E-state index is -1.07. The summed E-state index contributed by atoms with van der Waals surface area (Å²) in [6, 6.07) is 0. The van der Waals surface area contributed by atoms with Gasteiger partial charge in [-0.05, 0) is 25.8 Å². The number of ketones is 1. The Bertz CT molecular complexity index is 694. The van der Waals surface area contributed by atoms with Crippen molar-refractivity contribution < 1.29 is 33.8 Å². The molecule has 0 aromatic rings. The molecule has 1 spiro atoms. The first kappa shape index (κ1) is 18.6. The zero-order chi connectivity index (χ0) is 19.1. The molecule has 0 aromatic carbocycles. The molecule has 4 atom stereocenters. The lowest BCUT2D eigenvalue weighted by atomic mass is 9.48. The van der Waals surface area contributed by atoms with Crippen LogP contribution in [-0.2, 0) is 28.7 Å². The monoisotopic (exact) mass is 364 g/mol. The fourth-order valence-electron chi connectivity index (χ4n) is 5.10. The number of esters is 2. The molecule has 1 heterocycles. The molecule has 0 aromatic heterocycles. The van der Waals surface area contributed by atoms with Gasteiger partial charge in [0, 0.05) is 17.3 Å². The summed E-state index contributed by atoms with van der Waals surface area (Å²) in [6.45, 7) is 4.02. The predicted molar refractivity (Wildman–Crippen MR) is 88.9 cm³/mol. The van der Waals surface area contributed by atoms with Gasteiger partial charge in [-0.3, -0.25) is 19.2 Å². The van der Waals surface area contributed by atoms with Gasteiger partial charge in [-0.25, -0.2) is 0 Å². The molecule has 7 heteroatoms. The molecule has 1 N–H and O–H groups in total. The third kappa shape index (κ3) is 2.83. The molecule has 0 radical (unpaired) electrons. The molecule has 2 fully saturated rings. The Balaban J connectivity index is 1.84. The van der Waals surface area contributed by atoms with E-state index in [-0.39, 0.29) is 37.1 Å². The van der Waals surface area contributed by atoms with Crippen LogP contribution in [0.3, 0.4) is 0 Å². The molecule has 7 nitrogen and oxygen atoms in total. The van der Waals surface area contributed by atoms with Gasteiger partial charge < -0.3 is 14.6 Å². The van der Waals surface area contributed by atoms with Gasteiger partial charge in [0.25, 0.3) is 0 Å². The van der Waals surface area contributed by atoms with Gasteiger partial charge in [0.2, 0.25) is 0 Å². The lowest BCUT2D eigenvalue weighted by Crippen LogP contribution is -2.57. The average Bonchev–Trinajstić information content (AvgIpc) is 2.88. The molecular weight excluding hydrogens is 340 g/mol. The number of carboxylic acids is 1. The highest BCUT2D eigenvalue weighted by Crippen LogP contribution is 2.61. The molecule has 142 valence electrons. The van der Waals surface area contributed by atoms with Crippen LogP contribution in [0, 0.1) is 22.7 Å². The Labute approximate surface area is 151 Å². The number of aliphatic carboxylic acids is 1. The number of hydrogen-bond acceptors (Lipinski definition) is 6. The van der Waals surface area contributed by atoms with Crippen LogP contribution in [0.2, 0.25) is 0 Å². The summed E-state index contributed by atoms with van der Waals surface area (Å²) in [5, 5.41) is 8.66. The third-order valence-corrected chi connectivity index (χ3v) is 6.24. The summed E-state index contributed by atoms with van der Waals surface area (Å²) in [4.78, 5) is 48.0. The zero-order valence-corrected chi connectivity index (χ0v) is 15.1. The van der Waals surface area contributed by atoms with Crippen molar-refractivity contribution in [3.05, 3.63) is 11.6 Å². The first-order valence-corrected chi connectivity index (χ1v) is 8.97. The van der Waals surface area contributed by atoms with Gasteiger partial charge in [-0.15, -0.1) is 0 Å². The van der Waals surface area contributed by atoms with Gasteiger partial charge >= 0.3 is 17.9 Å². The summed E-state index contributed by atoms with van der Waals surface area (Å²) in [6.07, 6.45) is 3.10. The van der Waals surface area contributed by atoms with Crippen molar-refractivity contribution in [2.75, 3.05) is 13.2 Å². The molecule has 26 heavy (non-hydrogen) atoms. The van der Waals surface area contributed by atoms with E-state index in [2.05, 4.69) is 0 Å². The number of carboxylic acid groups (broad SMARTS) is 1. The second kappa shape index (κ2) is 6.52. The van der Waals surface area contributed by atoms with E-state index in [0.29, 0.717) is 19.4 Å². The number of carbonyl (C=O) groups excluding carboxylic acids is 3. The van der Waals surface area contributed by atoms with Crippen LogP contribution in [-0.4, -0.2) is 42.0 Å². The Morgan fingerprint density at radius 1 is 1.31 bits per heavy atom. The van der Waals surface area contributed by atoms with Crippen LogP contribution in [0.25, 0.3) is 0 Å². The Kier molecular flexibility index (Phi) is 4.67. The number of allylic oxidation sites excluding steroid dienone is 1. The second-order valence-electron chi connectivity index (χ2n) is 7.98. The maximum Gasteiger partial charge on any atom is 0.313 e. The zero-order valence-electron chi connectivity index (χ0n) is 15.1. The normalized spacial score (nSPS) is 35.8. The van der Waals surface area contributed by atoms with E-state index < -0.39 is 28.7 Å². The molecule has 1 saturated carbocycles. The molecule has 0 bridgehead atoms. The average molecular weight is 364 g/mol. The minimum absolute atomic E-state index is 0.00348. The van der Waals surface area contributed by atoms with E-state index in [1.165, 1.54) is 0 Å². The number of ether oxygens (including phenoxy) is 2. The first-order chi connectivity index (χ1) is 12.2. The van der Waals surface area contributed by atoms with Crippen molar-refractivity contribution in [2.45, 2.75) is 46.0 Å². The highest BCUT2D eigenvalue weighted by molar-refractivity contribution is 6.00. The summed E-state index contributed by atoms with van der Waals surface area (Å²) in [5.41, 5.74) is -0.663. The van der Waals surface area contributed by atoms with Gasteiger partial charge in [0.15, 0.2) is 5.78 Å². The first-order valence-electron chi connectivity index (χ1n) is 8.97. The van der Waals surface area contributed by atoms with Gasteiger partial charge in [-0.2, -0.15) is 0 Å². The van der Waals surface area contributed by atoms with Crippen molar-refractivity contribution in [3.8, 4) is 0 Å². The van der Waals surface area contributed by atoms with Crippen molar-refractivity contribution >= 4 is 23.7 Å². The van der Waals surface area contributed by atoms with E-state index in [1.807, 2.05) is 13.8 Å². The molecule has 0 amide bonds. The number of rotatable bonds is 5. The molecule has 0 unspecified atom stereocenters. The SMILES string of the molecule is CC1=CC(=O)[C@@H]2[C@@](C)(COC(=O)CCC(=O)O)CCC[C@@]23C(=O)OC[C@H]13. The van der Waals surface area contributed by atoms with Crippen LogP contribution < -0.4 is 0 Å². The van der Waals surface area contributed by atoms with Crippen LogP contribution >= 0.6 is 0 Å². The summed E-state index contributed by atoms with van der Waals surface area (Å²) < 4.78 is 10.7. The van der Waals surface area contributed by atoms with Gasteiger partial charge in [-0.1, -0.05) is 18.9 Å². The third-order valence-electron chi connectivity index (χ3n) is 6.24. The summed E-state index contributed by atoms with van der Waals surface area (Å²) in [5.74, 6) is -2.80. The number of cyclic esters (lactones) is 1. The number of hydrogen-bond donors (Lipinski definition) is 1. The standard InChI is InChI=1S/C19H24O7/c1-11-8-13(20)16-18(2,10-26-15(23)5-4-14(21)22)6-3-7-19(16)12(11)9-25-17(19)24/h8,12,16H,3-7,9-10H2,1-2H3,(H,21,22)/t12-,16-,18-,19+/m1/s1. The van der Waals surface area contributed by atoms with Crippen molar-refractivity contribution in [1.29, 1.82) is 0 Å². The van der Waals surface area contributed by atoms with Gasteiger partial charge in [0.1, 0.15) is 0 Å². The van der Waals surface area contributed by atoms with Crippen molar-refractivity contribution in [1.82, 2.24) is 0 Å². The Morgan fingerprint density at radius 2 is 2.04 bits per heavy atom. The van der Waals surface area contributed by atoms with Crippen LogP contribution in [0.15, 0.2) is 11.6 Å². The smallest absolute Gasteiger partial charge is 0.313 e. The van der Waals surface area contributed by atoms with E-state index in [9.17, 15) is 19.2 Å². The van der Waals surface area contributed by atoms with E-state index in [1.54, 1.807) is 6.08 Å². The van der Waals surface area contributed by atoms with Crippen LogP contribution in [0.1, 0.15) is 46.0 Å². The summed E-state index contributed by atoms with van der Waals surface area (Å²) in [7, 11) is 0. The highest BCUT2D eigenvalue weighted by Gasteiger charge is 2.67. The lowest BCUT2D eigenvalue weighted by Gasteiger charge is -2.52. The Morgan fingerprint density at radius 3 is 2.73 bits per heavy atom. The molecule has 1 aliphatic heterocycles. The fourth-order valence-corrected chi connectivity index (χ4v) is 5.10. The molecule has 2 aliphatic carbocycles. The second-order valence-corrected chi connectivity index (χ2v) is 7.98. The maximum absolute atomic E-state index is 12.9. The topological polar surface area (TPSA) is 107 Å². The number of carbonyl (C=O) groups is 4. The van der Waals surface area contributed by atoms with Crippen molar-refractivity contribution in [3.63, 3.8) is 0 Å². The maximum atomic E-state index is 12.9. The van der Waals surface area contributed by atoms with Crippen LogP contribution in [0.5, 0.6) is 0 Å². The van der Waals surface area contributed by atoms with Crippen molar-refractivity contribution in [2.24, 2.45) is 22.7 Å². The quantitative estimate of drug-likeness (QED) is 0.742. The molecule has 3 rings (SSSR count). The van der Waals surface area contributed by atoms with Gasteiger partial charge in [0.05, 0.1) is 31.5 Å².